The van der Waals surface area contributed by atoms with E-state index in [1.54, 1.807) is 12.1 Å². The number of esters is 1. The zero-order chi connectivity index (χ0) is 15.4. The van der Waals surface area contributed by atoms with Crippen molar-refractivity contribution >= 4 is 23.8 Å². The smallest absolute Gasteiger partial charge is 0.331 e. The summed E-state index contributed by atoms with van der Waals surface area (Å²) in [5, 5.41) is 2.33. The van der Waals surface area contributed by atoms with Gasteiger partial charge in [0.25, 0.3) is 11.8 Å². The summed E-state index contributed by atoms with van der Waals surface area (Å²) < 4.78 is 4.66. The first-order valence-corrected chi connectivity index (χ1v) is 6.11. The third kappa shape index (κ3) is 2.81. The second-order valence-electron chi connectivity index (χ2n) is 4.09. The average Bonchev–Trinajstić information content (AvgIpc) is 2.75. The van der Waals surface area contributed by atoms with Crippen LogP contribution in [-0.4, -0.2) is 41.9 Å². The van der Waals surface area contributed by atoms with Gasteiger partial charge in [-0.2, -0.15) is 4.90 Å². The van der Waals surface area contributed by atoms with Crippen LogP contribution in [0.4, 0.5) is 4.79 Å². The summed E-state index contributed by atoms with van der Waals surface area (Å²) >= 11 is 0. The van der Waals surface area contributed by atoms with Crippen LogP contribution in [0.2, 0.25) is 0 Å². The van der Waals surface area contributed by atoms with Gasteiger partial charge in [0.1, 0.15) is 6.61 Å². The van der Waals surface area contributed by atoms with Crippen LogP contribution in [-0.2, 0) is 9.53 Å². The molecule has 0 bridgehead atoms. The molecule has 0 aromatic heterocycles. The number of nitrogens with zero attached hydrogens (tertiary/aromatic N) is 1. The van der Waals surface area contributed by atoms with Gasteiger partial charge in [-0.3, -0.25) is 9.59 Å². The summed E-state index contributed by atoms with van der Waals surface area (Å²) in [4.78, 5) is 47.1. The molecule has 21 heavy (non-hydrogen) atoms. The summed E-state index contributed by atoms with van der Waals surface area (Å²) in [6.07, 6.45) is 0.992. The van der Waals surface area contributed by atoms with Gasteiger partial charge in [-0.05, 0) is 12.1 Å². The molecule has 1 heterocycles. The summed E-state index contributed by atoms with van der Waals surface area (Å²) in [5.41, 5.74) is 0.381. The van der Waals surface area contributed by atoms with Crippen LogP contribution in [0.1, 0.15) is 20.7 Å². The summed E-state index contributed by atoms with van der Waals surface area (Å²) in [6, 6.07) is 5.33. The van der Waals surface area contributed by atoms with Crippen LogP contribution in [0.25, 0.3) is 0 Å². The number of carbonyl (C=O) groups is 4. The van der Waals surface area contributed by atoms with E-state index in [2.05, 4.69) is 16.6 Å². The highest BCUT2D eigenvalue weighted by Gasteiger charge is 2.39. The van der Waals surface area contributed by atoms with Crippen molar-refractivity contribution in [2.24, 2.45) is 0 Å². The SMILES string of the molecule is C=CC(=O)OCCNC(=O)N1C(=O)c2ccccc2C1=O. The van der Waals surface area contributed by atoms with E-state index in [4.69, 9.17) is 0 Å². The second kappa shape index (κ2) is 6.00. The highest BCUT2D eigenvalue weighted by Crippen LogP contribution is 2.22. The van der Waals surface area contributed by atoms with E-state index < -0.39 is 23.8 Å². The molecule has 0 fully saturated rings. The van der Waals surface area contributed by atoms with E-state index in [-0.39, 0.29) is 24.3 Å². The Hall–Kier alpha value is -2.96. The first-order chi connectivity index (χ1) is 10.1. The monoisotopic (exact) mass is 288 g/mol. The number of nitrogens with one attached hydrogen (secondary N) is 1. The van der Waals surface area contributed by atoms with Gasteiger partial charge in [0, 0.05) is 6.08 Å². The number of hydrogen-bond donors (Lipinski definition) is 1. The van der Waals surface area contributed by atoms with Gasteiger partial charge in [-0.25, -0.2) is 9.59 Å². The van der Waals surface area contributed by atoms with Crippen molar-refractivity contribution in [1.29, 1.82) is 0 Å². The maximum absolute atomic E-state index is 12.0. The molecule has 1 aromatic rings. The van der Waals surface area contributed by atoms with Crippen molar-refractivity contribution in [3.05, 3.63) is 48.0 Å². The minimum Gasteiger partial charge on any atom is -0.461 e. The molecule has 0 radical (unpaired) electrons. The minimum atomic E-state index is -0.851. The predicted molar refractivity (Wildman–Crippen MR) is 71.5 cm³/mol. The second-order valence-corrected chi connectivity index (χ2v) is 4.09. The van der Waals surface area contributed by atoms with Crippen molar-refractivity contribution in [2.45, 2.75) is 0 Å². The molecule has 0 unspecified atom stereocenters. The molecule has 0 saturated heterocycles. The molecule has 1 aliphatic heterocycles. The van der Waals surface area contributed by atoms with Gasteiger partial charge in [0.15, 0.2) is 0 Å². The fraction of sp³-hybridized carbons (Fsp3) is 0.143. The van der Waals surface area contributed by atoms with Gasteiger partial charge < -0.3 is 10.1 Å². The molecular formula is C14H12N2O5. The number of fused-ring (bicyclic) bond motifs is 1. The Bertz CT molecular complexity index is 603. The van der Waals surface area contributed by atoms with Crippen LogP contribution in [0, 0.1) is 0 Å². The normalized spacial score (nSPS) is 12.9. The van der Waals surface area contributed by atoms with E-state index in [9.17, 15) is 19.2 Å². The molecule has 1 aromatic carbocycles. The number of rotatable bonds is 4. The van der Waals surface area contributed by atoms with Gasteiger partial charge in [-0.15, -0.1) is 0 Å². The standard InChI is InChI=1S/C14H12N2O5/c1-2-11(17)21-8-7-15-14(20)16-12(18)9-5-3-4-6-10(9)13(16)19/h2-6H,1,7-8H2,(H,15,20). The van der Waals surface area contributed by atoms with E-state index in [1.165, 1.54) is 12.1 Å². The molecule has 0 spiro atoms. The van der Waals surface area contributed by atoms with Crippen molar-refractivity contribution in [3.63, 3.8) is 0 Å². The number of ether oxygens (including phenoxy) is 1. The Morgan fingerprint density at radius 2 is 1.76 bits per heavy atom. The summed E-state index contributed by atoms with van der Waals surface area (Å²) in [5.74, 6) is -1.96. The number of amides is 4. The van der Waals surface area contributed by atoms with Crippen LogP contribution in [0.3, 0.4) is 0 Å². The first-order valence-electron chi connectivity index (χ1n) is 6.11. The lowest BCUT2D eigenvalue weighted by atomic mass is 10.1. The maximum Gasteiger partial charge on any atom is 0.331 e. The highest BCUT2D eigenvalue weighted by molar-refractivity contribution is 6.28. The quantitative estimate of drug-likeness (QED) is 0.381. The number of hydrogen-bond acceptors (Lipinski definition) is 5. The number of urea groups is 1. The highest BCUT2D eigenvalue weighted by atomic mass is 16.5. The Morgan fingerprint density at radius 3 is 2.29 bits per heavy atom. The molecular weight excluding hydrogens is 276 g/mol. The van der Waals surface area contributed by atoms with E-state index in [0.717, 1.165) is 6.08 Å². The van der Waals surface area contributed by atoms with Crippen molar-refractivity contribution < 1.29 is 23.9 Å². The molecule has 0 atom stereocenters. The number of benzene rings is 1. The van der Waals surface area contributed by atoms with Crippen LogP contribution in [0.15, 0.2) is 36.9 Å². The summed E-state index contributed by atoms with van der Waals surface area (Å²) in [7, 11) is 0. The number of carbonyl (C=O) groups excluding carboxylic acids is 4. The summed E-state index contributed by atoms with van der Waals surface area (Å²) in [6.45, 7) is 3.12. The lowest BCUT2D eigenvalue weighted by Gasteiger charge is -2.12. The van der Waals surface area contributed by atoms with E-state index >= 15 is 0 Å². The maximum atomic E-state index is 12.0. The molecule has 2 rings (SSSR count). The largest absolute Gasteiger partial charge is 0.461 e. The lowest BCUT2D eigenvalue weighted by molar-refractivity contribution is -0.137. The molecule has 4 amide bonds. The topological polar surface area (TPSA) is 92.8 Å². The molecule has 0 aliphatic carbocycles. The van der Waals surface area contributed by atoms with Gasteiger partial charge in [-0.1, -0.05) is 18.7 Å². The molecule has 1 aliphatic rings. The van der Waals surface area contributed by atoms with Crippen LogP contribution in [0.5, 0.6) is 0 Å². The molecule has 7 heteroatoms. The Labute approximate surface area is 120 Å². The van der Waals surface area contributed by atoms with Crippen molar-refractivity contribution in [2.75, 3.05) is 13.2 Å². The zero-order valence-corrected chi connectivity index (χ0v) is 11.0. The predicted octanol–water partition coefficient (Wildman–Crippen LogP) is 0.721. The zero-order valence-electron chi connectivity index (χ0n) is 11.0. The van der Waals surface area contributed by atoms with Gasteiger partial charge in [0.2, 0.25) is 0 Å². The minimum absolute atomic E-state index is 0.0220. The van der Waals surface area contributed by atoms with Crippen LogP contribution < -0.4 is 5.32 Å². The molecule has 108 valence electrons. The third-order valence-corrected chi connectivity index (χ3v) is 2.79. The first kappa shape index (κ1) is 14.4. The Kier molecular flexibility index (Phi) is 4.13. The van der Waals surface area contributed by atoms with Gasteiger partial charge >= 0.3 is 12.0 Å². The molecule has 7 nitrogen and oxygen atoms in total. The lowest BCUT2D eigenvalue weighted by Crippen LogP contribution is -2.44. The number of imide groups is 3. The van der Waals surface area contributed by atoms with E-state index in [0.29, 0.717) is 4.90 Å². The van der Waals surface area contributed by atoms with Crippen molar-refractivity contribution in [1.82, 2.24) is 10.2 Å². The molecule has 0 saturated carbocycles. The van der Waals surface area contributed by atoms with Crippen LogP contribution >= 0.6 is 0 Å². The van der Waals surface area contributed by atoms with Crippen molar-refractivity contribution in [3.8, 4) is 0 Å². The van der Waals surface area contributed by atoms with Gasteiger partial charge in [0.05, 0.1) is 17.7 Å². The third-order valence-electron chi connectivity index (χ3n) is 2.79. The average molecular weight is 288 g/mol. The fourth-order valence-corrected chi connectivity index (χ4v) is 1.82. The Balaban J connectivity index is 1.96. The fourth-order valence-electron chi connectivity index (χ4n) is 1.82. The van der Waals surface area contributed by atoms with E-state index in [1.807, 2.05) is 0 Å². The molecule has 1 N–H and O–H groups in total. The Morgan fingerprint density at radius 1 is 1.19 bits per heavy atom.